The second-order valence-electron chi connectivity index (χ2n) is 6.40. The number of nitrogens with one attached hydrogen (secondary N) is 1. The van der Waals surface area contributed by atoms with E-state index in [4.69, 9.17) is 10.2 Å². The number of fused-ring (bicyclic) bond motifs is 1. The number of nitrogens with two attached hydrogens (primary N) is 1. The average molecular weight is 363 g/mol. The van der Waals surface area contributed by atoms with Crippen LogP contribution in [-0.2, 0) is 9.59 Å². The van der Waals surface area contributed by atoms with Crippen molar-refractivity contribution in [1.82, 2.24) is 0 Å². The van der Waals surface area contributed by atoms with E-state index in [0.717, 1.165) is 5.69 Å². The first-order valence-corrected chi connectivity index (χ1v) is 8.52. The molecule has 7 nitrogen and oxygen atoms in total. The molecule has 1 aliphatic heterocycles. The van der Waals surface area contributed by atoms with Crippen LogP contribution in [0, 0.1) is 5.92 Å². The van der Waals surface area contributed by atoms with Crippen LogP contribution in [0.15, 0.2) is 59.0 Å². The van der Waals surface area contributed by atoms with Gasteiger partial charge in [0, 0.05) is 24.0 Å². The van der Waals surface area contributed by atoms with Crippen molar-refractivity contribution < 1.29 is 18.8 Å². The number of benzene rings is 2. The lowest BCUT2D eigenvalue weighted by Gasteiger charge is -2.16. The summed E-state index contributed by atoms with van der Waals surface area (Å²) >= 11 is 0. The number of para-hydroxylation sites is 2. The number of rotatable bonds is 4. The molecule has 2 heterocycles. The van der Waals surface area contributed by atoms with Crippen LogP contribution in [-0.4, -0.2) is 24.3 Å². The Morgan fingerprint density at radius 2 is 1.78 bits per heavy atom. The van der Waals surface area contributed by atoms with E-state index in [0.29, 0.717) is 11.0 Å². The average Bonchev–Trinajstić information content (AvgIpc) is 3.24. The fourth-order valence-corrected chi connectivity index (χ4v) is 3.31. The molecule has 3 N–H and O–H groups in total. The number of hydrogen-bond acceptors (Lipinski definition) is 4. The topological polar surface area (TPSA) is 106 Å². The van der Waals surface area contributed by atoms with Crippen molar-refractivity contribution in [3.8, 4) is 0 Å². The third-order valence-electron chi connectivity index (χ3n) is 4.63. The van der Waals surface area contributed by atoms with E-state index < -0.39 is 11.8 Å². The molecule has 0 spiro atoms. The molecule has 1 saturated heterocycles. The number of primary amides is 1. The molecular weight excluding hydrogens is 346 g/mol. The summed E-state index contributed by atoms with van der Waals surface area (Å²) in [5, 5.41) is 3.32. The monoisotopic (exact) mass is 363 g/mol. The van der Waals surface area contributed by atoms with Crippen LogP contribution in [0.2, 0.25) is 0 Å². The standard InChI is InChI=1S/C20H17N3O4/c21-19(25)18-17(14-8-4-5-9-15(14)27-18)22-20(26)12-10-16(24)23(11-12)13-6-2-1-3-7-13/h1-9,12H,10-11H2,(H2,21,25)(H,22,26)/t12-/m0/s1. The van der Waals surface area contributed by atoms with Gasteiger partial charge in [-0.1, -0.05) is 30.3 Å². The fraction of sp³-hybridized carbons (Fsp3) is 0.150. The van der Waals surface area contributed by atoms with Gasteiger partial charge in [-0.25, -0.2) is 0 Å². The van der Waals surface area contributed by atoms with Crippen molar-refractivity contribution in [2.45, 2.75) is 6.42 Å². The van der Waals surface area contributed by atoms with Gasteiger partial charge in [-0.15, -0.1) is 0 Å². The number of carbonyl (C=O) groups excluding carboxylic acids is 3. The zero-order valence-electron chi connectivity index (χ0n) is 14.3. The number of anilines is 2. The lowest BCUT2D eigenvalue weighted by molar-refractivity contribution is -0.122. The van der Waals surface area contributed by atoms with Crippen LogP contribution >= 0.6 is 0 Å². The zero-order chi connectivity index (χ0) is 19.0. The van der Waals surface area contributed by atoms with Gasteiger partial charge < -0.3 is 20.4 Å². The van der Waals surface area contributed by atoms with Crippen molar-refractivity contribution in [2.75, 3.05) is 16.8 Å². The lowest BCUT2D eigenvalue weighted by Crippen LogP contribution is -2.28. The predicted molar refractivity (Wildman–Crippen MR) is 100 cm³/mol. The van der Waals surface area contributed by atoms with Gasteiger partial charge in [-0.2, -0.15) is 0 Å². The van der Waals surface area contributed by atoms with Crippen LogP contribution in [0.3, 0.4) is 0 Å². The van der Waals surface area contributed by atoms with E-state index >= 15 is 0 Å². The van der Waals surface area contributed by atoms with Crippen LogP contribution in [0.4, 0.5) is 11.4 Å². The Balaban J connectivity index is 1.59. The van der Waals surface area contributed by atoms with E-state index in [-0.39, 0.29) is 36.2 Å². The summed E-state index contributed by atoms with van der Waals surface area (Å²) in [6, 6.07) is 16.2. The van der Waals surface area contributed by atoms with Crippen LogP contribution in [0.5, 0.6) is 0 Å². The molecule has 2 aromatic carbocycles. The van der Waals surface area contributed by atoms with E-state index in [1.54, 1.807) is 29.2 Å². The van der Waals surface area contributed by atoms with Gasteiger partial charge in [0.15, 0.2) is 0 Å². The predicted octanol–water partition coefficient (Wildman–Crippen LogP) is 2.52. The molecule has 1 atom stereocenters. The summed E-state index contributed by atoms with van der Waals surface area (Å²) in [4.78, 5) is 38.4. The highest BCUT2D eigenvalue weighted by Crippen LogP contribution is 2.32. The second kappa shape index (κ2) is 6.60. The van der Waals surface area contributed by atoms with Crippen molar-refractivity contribution in [3.63, 3.8) is 0 Å². The highest BCUT2D eigenvalue weighted by atomic mass is 16.3. The molecule has 0 bridgehead atoms. The molecule has 3 amide bonds. The third kappa shape index (κ3) is 3.03. The number of carbonyl (C=O) groups is 3. The quantitative estimate of drug-likeness (QED) is 0.743. The van der Waals surface area contributed by atoms with Gasteiger partial charge in [0.1, 0.15) is 11.3 Å². The van der Waals surface area contributed by atoms with Gasteiger partial charge in [0.05, 0.1) is 5.92 Å². The summed E-state index contributed by atoms with van der Waals surface area (Å²) in [7, 11) is 0. The maximum absolute atomic E-state index is 12.8. The van der Waals surface area contributed by atoms with Crippen molar-refractivity contribution >= 4 is 40.1 Å². The Morgan fingerprint density at radius 3 is 2.52 bits per heavy atom. The second-order valence-corrected chi connectivity index (χ2v) is 6.40. The van der Waals surface area contributed by atoms with Gasteiger partial charge in [0.25, 0.3) is 5.91 Å². The largest absolute Gasteiger partial charge is 0.449 e. The lowest BCUT2D eigenvalue weighted by atomic mass is 10.1. The summed E-state index contributed by atoms with van der Waals surface area (Å²) in [5.41, 5.74) is 6.83. The molecule has 0 unspecified atom stereocenters. The maximum Gasteiger partial charge on any atom is 0.286 e. The molecule has 4 rings (SSSR count). The number of amides is 3. The van der Waals surface area contributed by atoms with Gasteiger partial charge in [-0.3, -0.25) is 14.4 Å². The first kappa shape index (κ1) is 16.8. The first-order valence-electron chi connectivity index (χ1n) is 8.52. The zero-order valence-corrected chi connectivity index (χ0v) is 14.3. The minimum atomic E-state index is -0.769. The third-order valence-corrected chi connectivity index (χ3v) is 4.63. The Morgan fingerprint density at radius 1 is 1.07 bits per heavy atom. The van der Waals surface area contributed by atoms with Gasteiger partial charge >= 0.3 is 0 Å². The Kier molecular flexibility index (Phi) is 4.12. The SMILES string of the molecule is NC(=O)c1oc2ccccc2c1NC(=O)[C@H]1CC(=O)N(c2ccccc2)C1. The van der Waals surface area contributed by atoms with Crippen molar-refractivity contribution in [1.29, 1.82) is 0 Å². The molecule has 0 radical (unpaired) electrons. The maximum atomic E-state index is 12.8. The number of nitrogens with zero attached hydrogens (tertiary/aromatic N) is 1. The summed E-state index contributed by atoms with van der Waals surface area (Å²) in [6.07, 6.45) is 0.0996. The van der Waals surface area contributed by atoms with E-state index in [1.165, 1.54) is 0 Å². The molecule has 1 aromatic heterocycles. The van der Waals surface area contributed by atoms with Crippen LogP contribution < -0.4 is 16.0 Å². The molecule has 136 valence electrons. The summed E-state index contributed by atoms with van der Waals surface area (Å²) < 4.78 is 5.47. The van der Waals surface area contributed by atoms with Crippen LogP contribution in [0.1, 0.15) is 17.0 Å². The first-order chi connectivity index (χ1) is 13.0. The Hall–Kier alpha value is -3.61. The minimum Gasteiger partial charge on any atom is -0.449 e. The molecule has 1 fully saturated rings. The van der Waals surface area contributed by atoms with Crippen molar-refractivity contribution in [3.05, 3.63) is 60.4 Å². The molecule has 0 aliphatic carbocycles. The number of hydrogen-bond donors (Lipinski definition) is 2. The Labute approximate surface area is 154 Å². The summed E-state index contributed by atoms with van der Waals surface area (Å²) in [5.74, 6) is -1.87. The highest BCUT2D eigenvalue weighted by Gasteiger charge is 2.36. The molecule has 27 heavy (non-hydrogen) atoms. The summed E-state index contributed by atoms with van der Waals surface area (Å²) in [6.45, 7) is 0.274. The Bertz CT molecular complexity index is 1040. The minimum absolute atomic E-state index is 0.0996. The van der Waals surface area contributed by atoms with Crippen LogP contribution in [0.25, 0.3) is 11.0 Å². The van der Waals surface area contributed by atoms with Gasteiger partial charge in [-0.05, 0) is 24.3 Å². The van der Waals surface area contributed by atoms with E-state index in [2.05, 4.69) is 5.32 Å². The smallest absolute Gasteiger partial charge is 0.286 e. The molecule has 7 heteroatoms. The molecule has 1 aliphatic rings. The highest BCUT2D eigenvalue weighted by molar-refractivity contribution is 6.12. The van der Waals surface area contributed by atoms with E-state index in [9.17, 15) is 14.4 Å². The molecule has 0 saturated carbocycles. The van der Waals surface area contributed by atoms with E-state index in [1.807, 2.05) is 30.3 Å². The normalized spacial score (nSPS) is 16.7. The van der Waals surface area contributed by atoms with Crippen molar-refractivity contribution in [2.24, 2.45) is 11.7 Å². The molecule has 3 aromatic rings. The molecular formula is C20H17N3O4. The van der Waals surface area contributed by atoms with Gasteiger partial charge in [0.2, 0.25) is 17.6 Å². The number of furan rings is 1. The fourth-order valence-electron chi connectivity index (χ4n) is 3.31.